The molecule has 3 rings (SSSR count). The van der Waals surface area contributed by atoms with Crippen molar-refractivity contribution in [3.8, 4) is 0 Å². The van der Waals surface area contributed by atoms with Crippen LogP contribution in [0.1, 0.15) is 42.4 Å². The molecule has 0 N–H and O–H groups in total. The summed E-state index contributed by atoms with van der Waals surface area (Å²) in [5, 5.41) is 3.04. The second-order valence-electron chi connectivity index (χ2n) is 5.73. The van der Waals surface area contributed by atoms with E-state index >= 15 is 0 Å². The van der Waals surface area contributed by atoms with Crippen molar-refractivity contribution >= 4 is 23.3 Å². The van der Waals surface area contributed by atoms with Gasteiger partial charge >= 0.3 is 12.0 Å². The lowest BCUT2D eigenvalue weighted by atomic mass is 9.98. The minimum atomic E-state index is -0.486. The summed E-state index contributed by atoms with van der Waals surface area (Å²) in [7, 11) is 4.70. The maximum Gasteiger partial charge on any atom is 0.338 e. The summed E-state index contributed by atoms with van der Waals surface area (Å²) in [4.78, 5) is 32.3. The molecule has 1 saturated carbocycles. The third-order valence-electron chi connectivity index (χ3n) is 4.29. The van der Waals surface area contributed by atoms with Gasteiger partial charge in [0.15, 0.2) is 0 Å². The van der Waals surface area contributed by atoms with Crippen LogP contribution in [0.5, 0.6) is 0 Å². The highest BCUT2D eigenvalue weighted by Gasteiger charge is 2.40. The molecule has 0 unspecified atom stereocenters. The zero-order chi connectivity index (χ0) is 16.0. The highest BCUT2D eigenvalue weighted by atomic mass is 32.1. The third-order valence-corrected chi connectivity index (χ3v) is 5.32. The normalized spacial score (nSPS) is 22.4. The number of nitrogens with zero attached hydrogens (tertiary/aromatic N) is 3. The molecule has 6 nitrogen and oxygen atoms in total. The number of aromatic nitrogens is 1. The van der Waals surface area contributed by atoms with E-state index in [1.54, 1.807) is 37.3 Å². The molecule has 2 amide bonds. The van der Waals surface area contributed by atoms with E-state index in [0.29, 0.717) is 17.2 Å². The zero-order valence-electron chi connectivity index (χ0n) is 13.1. The molecule has 1 aromatic heterocycles. The Kier molecular flexibility index (Phi) is 3.68. The molecule has 2 heterocycles. The predicted molar refractivity (Wildman–Crippen MR) is 82.5 cm³/mol. The van der Waals surface area contributed by atoms with Crippen LogP contribution >= 0.6 is 11.3 Å². The number of thiazole rings is 1. The fourth-order valence-corrected chi connectivity index (χ4v) is 3.73. The summed E-state index contributed by atoms with van der Waals surface area (Å²) < 4.78 is 4.92. The first-order chi connectivity index (χ1) is 10.5. The van der Waals surface area contributed by atoms with Crippen molar-refractivity contribution in [3.63, 3.8) is 0 Å². The second kappa shape index (κ2) is 5.39. The van der Waals surface area contributed by atoms with Crippen molar-refractivity contribution in [3.05, 3.63) is 27.4 Å². The smallest absolute Gasteiger partial charge is 0.338 e. The van der Waals surface area contributed by atoms with Gasteiger partial charge in [-0.1, -0.05) is 0 Å². The van der Waals surface area contributed by atoms with Gasteiger partial charge in [0.1, 0.15) is 6.04 Å². The molecule has 0 saturated heterocycles. The van der Waals surface area contributed by atoms with Crippen LogP contribution < -0.4 is 0 Å². The number of allylic oxidation sites excluding steroid dienone is 1. The predicted octanol–water partition coefficient (Wildman–Crippen LogP) is 2.51. The summed E-state index contributed by atoms with van der Waals surface area (Å²) in [6.07, 6.45) is 2.35. The lowest BCUT2D eigenvalue weighted by Crippen LogP contribution is -2.47. The monoisotopic (exact) mass is 321 g/mol. The van der Waals surface area contributed by atoms with E-state index in [2.05, 4.69) is 4.98 Å². The maximum atomic E-state index is 12.4. The third kappa shape index (κ3) is 2.29. The molecule has 118 valence electrons. The molecular weight excluding hydrogens is 302 g/mol. The van der Waals surface area contributed by atoms with E-state index in [0.717, 1.165) is 10.7 Å². The van der Waals surface area contributed by atoms with Crippen LogP contribution in [0.2, 0.25) is 0 Å². The molecule has 1 aromatic rings. The standard InChI is InChI=1S/C15H19N3O3S/c1-8-11(14(19)21-4)12(18(3)15(20)17(8)2)10-7-22-13(16-10)9-5-6-9/h7,9,12H,5-6H2,1-4H3/t12-/m0/s1. The molecule has 1 aliphatic heterocycles. The molecule has 7 heteroatoms. The van der Waals surface area contributed by atoms with Gasteiger partial charge in [0, 0.05) is 31.1 Å². The topological polar surface area (TPSA) is 62.7 Å². The average molecular weight is 321 g/mol. The van der Waals surface area contributed by atoms with Crippen LogP contribution in [0, 0.1) is 0 Å². The first kappa shape index (κ1) is 15.0. The number of methoxy groups -OCH3 is 1. The van der Waals surface area contributed by atoms with E-state index in [1.807, 2.05) is 5.38 Å². The second-order valence-corrected chi connectivity index (χ2v) is 6.62. The number of urea groups is 1. The number of likely N-dealkylation sites (N-methyl/N-ethyl adjacent to an activating group) is 1. The van der Waals surface area contributed by atoms with Crippen molar-refractivity contribution < 1.29 is 14.3 Å². The summed E-state index contributed by atoms with van der Waals surface area (Å²) in [5.74, 6) is 0.132. The van der Waals surface area contributed by atoms with Gasteiger partial charge in [-0.15, -0.1) is 11.3 Å². The molecule has 0 bridgehead atoms. The minimum Gasteiger partial charge on any atom is -0.466 e. The SMILES string of the molecule is COC(=O)C1=C(C)N(C)C(=O)N(C)[C@H]1c1csc(C2CC2)n1. The van der Waals surface area contributed by atoms with Gasteiger partial charge in [-0.25, -0.2) is 14.6 Å². The van der Waals surface area contributed by atoms with Crippen molar-refractivity contribution in [2.45, 2.75) is 31.7 Å². The molecule has 1 aliphatic carbocycles. The molecule has 0 spiro atoms. The van der Waals surface area contributed by atoms with Gasteiger partial charge in [-0.3, -0.25) is 0 Å². The molecule has 0 aromatic carbocycles. The number of carbonyl (C=O) groups is 2. The number of hydrogen-bond donors (Lipinski definition) is 0. The van der Waals surface area contributed by atoms with Crippen molar-refractivity contribution in [1.29, 1.82) is 0 Å². The van der Waals surface area contributed by atoms with E-state index in [-0.39, 0.29) is 6.03 Å². The van der Waals surface area contributed by atoms with Crippen LogP contribution in [-0.4, -0.2) is 48.0 Å². The number of ether oxygens (including phenoxy) is 1. The number of hydrogen-bond acceptors (Lipinski definition) is 5. The minimum absolute atomic E-state index is 0.156. The summed E-state index contributed by atoms with van der Waals surface area (Å²) in [6.45, 7) is 1.76. The van der Waals surface area contributed by atoms with Crippen LogP contribution in [0.4, 0.5) is 4.79 Å². The Morgan fingerprint density at radius 2 is 2.09 bits per heavy atom. The Labute approximate surface area is 133 Å². The van der Waals surface area contributed by atoms with Gasteiger partial charge in [0.25, 0.3) is 0 Å². The summed E-state index contributed by atoms with van der Waals surface area (Å²) in [6, 6.07) is -0.643. The van der Waals surface area contributed by atoms with Gasteiger partial charge in [0.2, 0.25) is 0 Å². The quantitative estimate of drug-likeness (QED) is 0.803. The zero-order valence-corrected chi connectivity index (χ0v) is 13.9. The molecule has 0 radical (unpaired) electrons. The molecule has 1 atom stereocenters. The summed E-state index contributed by atoms with van der Waals surface area (Å²) >= 11 is 1.60. The number of rotatable bonds is 3. The van der Waals surface area contributed by atoms with E-state index in [4.69, 9.17) is 4.74 Å². The van der Waals surface area contributed by atoms with Crippen LogP contribution in [0.25, 0.3) is 0 Å². The lowest BCUT2D eigenvalue weighted by Gasteiger charge is -2.38. The van der Waals surface area contributed by atoms with Gasteiger partial charge < -0.3 is 14.5 Å². The molecular formula is C15H19N3O3S. The van der Waals surface area contributed by atoms with Crippen molar-refractivity contribution in [2.75, 3.05) is 21.2 Å². The van der Waals surface area contributed by atoms with E-state index in [1.165, 1.54) is 24.9 Å². The largest absolute Gasteiger partial charge is 0.466 e. The Morgan fingerprint density at radius 1 is 1.41 bits per heavy atom. The highest BCUT2D eigenvalue weighted by Crippen LogP contribution is 2.43. The first-order valence-corrected chi connectivity index (χ1v) is 8.08. The van der Waals surface area contributed by atoms with Crippen molar-refractivity contribution in [1.82, 2.24) is 14.8 Å². The van der Waals surface area contributed by atoms with Crippen LogP contribution in [0.3, 0.4) is 0 Å². The van der Waals surface area contributed by atoms with Gasteiger partial charge in [-0.05, 0) is 19.8 Å². The van der Waals surface area contributed by atoms with Gasteiger partial charge in [-0.2, -0.15) is 0 Å². The molecule has 2 aliphatic rings. The molecule has 1 fully saturated rings. The highest BCUT2D eigenvalue weighted by molar-refractivity contribution is 7.09. The van der Waals surface area contributed by atoms with E-state index < -0.39 is 12.0 Å². The molecule has 22 heavy (non-hydrogen) atoms. The number of carbonyl (C=O) groups excluding carboxylic acids is 2. The van der Waals surface area contributed by atoms with Crippen molar-refractivity contribution in [2.24, 2.45) is 0 Å². The fraction of sp³-hybridized carbons (Fsp3) is 0.533. The van der Waals surface area contributed by atoms with Gasteiger partial charge in [0.05, 0.1) is 23.4 Å². The first-order valence-electron chi connectivity index (χ1n) is 7.20. The van der Waals surface area contributed by atoms with E-state index in [9.17, 15) is 9.59 Å². The fourth-order valence-electron chi connectivity index (χ4n) is 2.72. The Morgan fingerprint density at radius 3 is 2.68 bits per heavy atom. The Balaban J connectivity index is 2.07. The Hall–Kier alpha value is -1.89. The number of esters is 1. The lowest BCUT2D eigenvalue weighted by molar-refractivity contribution is -0.137. The van der Waals surface area contributed by atoms with Crippen LogP contribution in [-0.2, 0) is 9.53 Å². The van der Waals surface area contributed by atoms with Crippen LogP contribution in [0.15, 0.2) is 16.7 Å². The average Bonchev–Trinajstić information content (AvgIpc) is 3.26. The maximum absolute atomic E-state index is 12.4. The Bertz CT molecular complexity index is 663. The number of amides is 2. The summed E-state index contributed by atoms with van der Waals surface area (Å²) in [5.41, 5.74) is 1.83.